The van der Waals surface area contributed by atoms with Crippen LogP contribution in [0.25, 0.3) is 0 Å². The van der Waals surface area contributed by atoms with Crippen LogP contribution in [0.2, 0.25) is 0 Å². The van der Waals surface area contributed by atoms with Crippen molar-refractivity contribution in [1.82, 2.24) is 4.90 Å². The van der Waals surface area contributed by atoms with E-state index in [2.05, 4.69) is 0 Å². The maximum Gasteiger partial charge on any atom is 0.268 e. The molecule has 1 amide bonds. The van der Waals surface area contributed by atoms with Crippen LogP contribution in [-0.4, -0.2) is 41.4 Å². The molecule has 0 bridgehead atoms. The Hall–Kier alpha value is -1.23. The molecule has 0 aromatic carbocycles. The van der Waals surface area contributed by atoms with Crippen molar-refractivity contribution >= 4 is 17.4 Å². The number of amides is 1. The highest BCUT2D eigenvalue weighted by molar-refractivity contribution is 6.37. The van der Waals surface area contributed by atoms with E-state index in [1.165, 1.54) is 0 Å². The second kappa shape index (κ2) is 5.91. The summed E-state index contributed by atoms with van der Waals surface area (Å²) in [4.78, 5) is 25.5. The summed E-state index contributed by atoms with van der Waals surface area (Å²) in [5.41, 5.74) is 5.34. The molecule has 3 N–H and O–H groups in total. The number of carbonyl (C=O) groups is 2. The summed E-state index contributed by atoms with van der Waals surface area (Å²) in [5, 5.41) is 7.62. The van der Waals surface area contributed by atoms with Crippen LogP contribution in [0.15, 0.2) is 0 Å². The maximum atomic E-state index is 12.0. The number of ketones is 1. The van der Waals surface area contributed by atoms with Crippen molar-refractivity contribution < 1.29 is 9.59 Å². The number of hydrogen-bond acceptors (Lipinski definition) is 4. The molecule has 96 valence electrons. The van der Waals surface area contributed by atoms with E-state index < -0.39 is 0 Å². The zero-order valence-corrected chi connectivity index (χ0v) is 10.5. The predicted molar refractivity (Wildman–Crippen MR) is 66.0 cm³/mol. The number of Topliss-reactive ketones (excluding diaryl/α,β-unsaturated/α-hetero) is 1. The third-order valence-corrected chi connectivity index (χ3v) is 3.06. The molecule has 1 rings (SSSR count). The molecule has 17 heavy (non-hydrogen) atoms. The number of nitrogens with one attached hydrogen (secondary N) is 1. The van der Waals surface area contributed by atoms with Crippen molar-refractivity contribution in [1.29, 1.82) is 5.41 Å². The van der Waals surface area contributed by atoms with Crippen molar-refractivity contribution in [2.45, 2.75) is 39.2 Å². The average molecular weight is 239 g/mol. The van der Waals surface area contributed by atoms with E-state index >= 15 is 0 Å². The monoisotopic (exact) mass is 239 g/mol. The normalized spacial score (nSPS) is 19.8. The van der Waals surface area contributed by atoms with Crippen molar-refractivity contribution in [3.63, 3.8) is 0 Å². The van der Waals surface area contributed by atoms with Crippen LogP contribution in [0.3, 0.4) is 0 Å². The molecule has 0 saturated carbocycles. The number of rotatable bonds is 5. The van der Waals surface area contributed by atoms with E-state index in [1.807, 2.05) is 13.8 Å². The van der Waals surface area contributed by atoms with E-state index in [9.17, 15) is 9.59 Å². The first-order valence-electron chi connectivity index (χ1n) is 6.11. The lowest BCUT2D eigenvalue weighted by Crippen LogP contribution is -2.45. The number of hydrogen-bond donors (Lipinski definition) is 2. The van der Waals surface area contributed by atoms with E-state index in [-0.39, 0.29) is 35.8 Å². The van der Waals surface area contributed by atoms with Gasteiger partial charge in [0, 0.05) is 18.9 Å². The average Bonchev–Trinajstić information content (AvgIpc) is 2.75. The lowest BCUT2D eigenvalue weighted by Gasteiger charge is -2.25. The zero-order chi connectivity index (χ0) is 13.0. The van der Waals surface area contributed by atoms with Gasteiger partial charge in [-0.1, -0.05) is 13.8 Å². The Morgan fingerprint density at radius 2 is 2.12 bits per heavy atom. The van der Waals surface area contributed by atoms with E-state index in [0.717, 1.165) is 12.8 Å². The van der Waals surface area contributed by atoms with Crippen molar-refractivity contribution in [2.24, 2.45) is 11.7 Å². The van der Waals surface area contributed by atoms with Gasteiger partial charge in [0.1, 0.15) is 0 Å². The third kappa shape index (κ3) is 3.12. The SMILES string of the molecule is CC(C)C(=O)[C@@H]1CCCN1C(=O)C(=N)CCN. The molecule has 0 aromatic heterocycles. The van der Waals surface area contributed by atoms with Gasteiger partial charge in [0.2, 0.25) is 0 Å². The van der Waals surface area contributed by atoms with Crippen LogP contribution in [0.5, 0.6) is 0 Å². The Bertz CT molecular complexity index is 326. The molecule has 1 aliphatic heterocycles. The molecule has 0 aliphatic carbocycles. The van der Waals surface area contributed by atoms with Crippen LogP contribution in [0, 0.1) is 11.3 Å². The van der Waals surface area contributed by atoms with Crippen molar-refractivity contribution in [2.75, 3.05) is 13.1 Å². The van der Waals surface area contributed by atoms with Crippen LogP contribution in [-0.2, 0) is 9.59 Å². The van der Waals surface area contributed by atoms with Crippen molar-refractivity contribution in [3.8, 4) is 0 Å². The van der Waals surface area contributed by atoms with Gasteiger partial charge in [-0.15, -0.1) is 0 Å². The third-order valence-electron chi connectivity index (χ3n) is 3.06. The Kier molecular flexibility index (Phi) is 4.81. The van der Waals surface area contributed by atoms with Gasteiger partial charge in [-0.05, 0) is 19.4 Å². The van der Waals surface area contributed by atoms with Crippen LogP contribution in [0.1, 0.15) is 33.1 Å². The summed E-state index contributed by atoms with van der Waals surface area (Å²) in [6.45, 7) is 4.55. The highest BCUT2D eigenvalue weighted by atomic mass is 16.2. The number of carbonyl (C=O) groups excluding carboxylic acids is 2. The standard InChI is InChI=1S/C12H21N3O2/c1-8(2)11(16)10-4-3-7-15(10)12(17)9(14)5-6-13/h8,10,14H,3-7,13H2,1-2H3/t10-/m0/s1. The van der Waals surface area contributed by atoms with Crippen LogP contribution >= 0.6 is 0 Å². The fraction of sp³-hybridized carbons (Fsp3) is 0.750. The maximum absolute atomic E-state index is 12.0. The van der Waals surface area contributed by atoms with E-state index in [1.54, 1.807) is 4.90 Å². The van der Waals surface area contributed by atoms with Gasteiger partial charge in [-0.25, -0.2) is 0 Å². The van der Waals surface area contributed by atoms with Gasteiger partial charge in [0.25, 0.3) is 5.91 Å². The molecule has 0 radical (unpaired) electrons. The van der Waals surface area contributed by atoms with Crippen LogP contribution < -0.4 is 5.73 Å². The van der Waals surface area contributed by atoms with Gasteiger partial charge in [-0.2, -0.15) is 0 Å². The number of likely N-dealkylation sites (tertiary alicyclic amines) is 1. The largest absolute Gasteiger partial charge is 0.330 e. The molecular weight excluding hydrogens is 218 g/mol. The van der Waals surface area contributed by atoms with Crippen molar-refractivity contribution in [3.05, 3.63) is 0 Å². The first-order chi connectivity index (χ1) is 7.99. The second-order valence-electron chi connectivity index (χ2n) is 4.73. The first kappa shape index (κ1) is 13.8. The molecule has 1 heterocycles. The predicted octanol–water partition coefficient (Wildman–Crippen LogP) is 0.571. The molecule has 0 spiro atoms. The number of nitrogens with zero attached hydrogens (tertiary/aromatic N) is 1. The summed E-state index contributed by atoms with van der Waals surface area (Å²) in [7, 11) is 0. The Balaban J connectivity index is 2.72. The van der Waals surface area contributed by atoms with Gasteiger partial charge in [-0.3, -0.25) is 15.0 Å². The molecule has 1 atom stereocenters. The summed E-state index contributed by atoms with van der Waals surface area (Å²) < 4.78 is 0. The minimum atomic E-state index is -0.333. The molecule has 5 nitrogen and oxygen atoms in total. The molecule has 0 unspecified atom stereocenters. The molecule has 5 heteroatoms. The summed E-state index contributed by atoms with van der Waals surface area (Å²) in [6, 6.07) is -0.333. The quantitative estimate of drug-likeness (QED) is 0.688. The molecule has 1 aliphatic rings. The highest BCUT2D eigenvalue weighted by Crippen LogP contribution is 2.21. The van der Waals surface area contributed by atoms with Crippen LogP contribution in [0.4, 0.5) is 0 Å². The fourth-order valence-electron chi connectivity index (χ4n) is 2.11. The first-order valence-corrected chi connectivity index (χ1v) is 6.11. The summed E-state index contributed by atoms with van der Waals surface area (Å²) in [6.07, 6.45) is 1.83. The van der Waals surface area contributed by atoms with E-state index in [0.29, 0.717) is 13.1 Å². The fourth-order valence-corrected chi connectivity index (χ4v) is 2.11. The second-order valence-corrected chi connectivity index (χ2v) is 4.73. The van der Waals surface area contributed by atoms with Gasteiger partial charge in [0.15, 0.2) is 5.78 Å². The molecule has 1 fully saturated rings. The minimum absolute atomic E-state index is 0.0101. The lowest BCUT2D eigenvalue weighted by atomic mass is 9.99. The summed E-state index contributed by atoms with van der Waals surface area (Å²) >= 11 is 0. The summed E-state index contributed by atoms with van der Waals surface area (Å²) in [5.74, 6) is -0.305. The topological polar surface area (TPSA) is 87.2 Å². The smallest absolute Gasteiger partial charge is 0.268 e. The number of nitrogens with two attached hydrogens (primary N) is 1. The van der Waals surface area contributed by atoms with Gasteiger partial charge < -0.3 is 10.6 Å². The Labute approximate surface area is 102 Å². The lowest BCUT2D eigenvalue weighted by molar-refractivity contribution is -0.134. The molecular formula is C12H21N3O2. The zero-order valence-electron chi connectivity index (χ0n) is 10.5. The van der Waals surface area contributed by atoms with E-state index in [4.69, 9.17) is 11.1 Å². The molecule has 0 aromatic rings. The van der Waals surface area contributed by atoms with Gasteiger partial charge in [0.05, 0.1) is 11.8 Å². The molecule has 1 saturated heterocycles. The minimum Gasteiger partial charge on any atom is -0.330 e. The highest BCUT2D eigenvalue weighted by Gasteiger charge is 2.35. The Morgan fingerprint density at radius 1 is 1.47 bits per heavy atom. The van der Waals surface area contributed by atoms with Gasteiger partial charge >= 0.3 is 0 Å². The Morgan fingerprint density at radius 3 is 2.65 bits per heavy atom.